The summed E-state index contributed by atoms with van der Waals surface area (Å²) in [5, 5.41) is 0. The zero-order chi connectivity index (χ0) is 24.6. The van der Waals surface area contributed by atoms with Gasteiger partial charge < -0.3 is 0 Å². The molecule has 10 heteroatoms. The number of thioether (sulfide) groups is 2. The van der Waals surface area contributed by atoms with Crippen LogP contribution in [0.15, 0.2) is 67.9 Å². The summed E-state index contributed by atoms with van der Waals surface area (Å²) < 4.78 is 6.66. The fourth-order valence-corrected chi connectivity index (χ4v) is 11.0. The van der Waals surface area contributed by atoms with E-state index < -0.39 is 0 Å². The lowest BCUT2D eigenvalue weighted by Crippen LogP contribution is -2.07. The molecule has 4 nitrogen and oxygen atoms in total. The highest BCUT2D eigenvalue weighted by Crippen LogP contribution is 2.43. The van der Waals surface area contributed by atoms with Crippen molar-refractivity contribution >= 4 is 129 Å². The molecule has 0 aliphatic carbocycles. The summed E-state index contributed by atoms with van der Waals surface area (Å²) in [5.41, 5.74) is 3.36. The number of rotatable bonds is 2. The molecule has 0 N–H and O–H groups in total. The smallest absolute Gasteiger partial charge is 0.212 e. The van der Waals surface area contributed by atoms with Crippen LogP contribution in [0.4, 0.5) is 0 Å². The zero-order valence-electron chi connectivity index (χ0n) is 18.8. The summed E-state index contributed by atoms with van der Waals surface area (Å²) in [5.74, 6) is 0. The predicted molar refractivity (Wildman–Crippen MR) is 163 cm³/mol. The number of hydrogen-bond acceptors (Lipinski definition) is 10. The second kappa shape index (κ2) is 8.61. The summed E-state index contributed by atoms with van der Waals surface area (Å²) in [6.07, 6.45) is 3.87. The van der Waals surface area contributed by atoms with Gasteiger partial charge in [0.2, 0.25) is 10.9 Å². The van der Waals surface area contributed by atoms with Crippen LogP contribution in [0.1, 0.15) is 0 Å². The van der Waals surface area contributed by atoms with Crippen LogP contribution in [-0.2, 0) is 0 Å². The van der Waals surface area contributed by atoms with Crippen molar-refractivity contribution in [2.75, 3.05) is 12.5 Å². The number of benzene rings is 4. The Balaban J connectivity index is 1.75. The van der Waals surface area contributed by atoms with Gasteiger partial charge in [0.25, 0.3) is 0 Å². The molecular formula is C26H14N2O2S6. The third-order valence-corrected chi connectivity index (χ3v) is 12.8. The van der Waals surface area contributed by atoms with Gasteiger partial charge in [-0.2, -0.15) is 0 Å². The van der Waals surface area contributed by atoms with Crippen LogP contribution in [0.3, 0.4) is 0 Å². The number of hydrogen-bond donors (Lipinski definition) is 0. The zero-order valence-corrected chi connectivity index (χ0v) is 23.7. The molecule has 0 amide bonds. The van der Waals surface area contributed by atoms with E-state index in [0.717, 1.165) is 50.3 Å². The number of fused-ring (bicyclic) bond motifs is 8. The summed E-state index contributed by atoms with van der Waals surface area (Å²) >= 11 is 8.86. The Bertz CT molecular complexity index is 2030. The van der Waals surface area contributed by atoms with E-state index in [1.165, 1.54) is 46.2 Å². The van der Waals surface area contributed by atoms with Crippen molar-refractivity contribution in [1.29, 1.82) is 0 Å². The summed E-state index contributed by atoms with van der Waals surface area (Å²) in [7, 11) is 0. The van der Waals surface area contributed by atoms with Gasteiger partial charge in [0.15, 0.2) is 0 Å². The van der Waals surface area contributed by atoms with E-state index in [-0.39, 0.29) is 10.9 Å². The van der Waals surface area contributed by atoms with Gasteiger partial charge in [0.1, 0.15) is 11.0 Å². The molecular weight excluding hydrogens is 565 g/mol. The summed E-state index contributed by atoms with van der Waals surface area (Å²) in [6, 6.07) is 16.0. The molecule has 0 bridgehead atoms. The quantitative estimate of drug-likeness (QED) is 0.117. The van der Waals surface area contributed by atoms with Crippen LogP contribution in [-0.4, -0.2) is 22.5 Å². The van der Waals surface area contributed by atoms with Crippen molar-refractivity contribution in [2.24, 2.45) is 0 Å². The average Bonchev–Trinajstić information content (AvgIpc) is 2.91. The van der Waals surface area contributed by atoms with Gasteiger partial charge in [-0.1, -0.05) is 24.3 Å². The van der Waals surface area contributed by atoms with Gasteiger partial charge in [-0.25, -0.2) is 9.97 Å². The number of para-hydroxylation sites is 2. The first kappa shape index (κ1) is 22.8. The van der Waals surface area contributed by atoms with E-state index in [1.807, 2.05) is 61.0 Å². The van der Waals surface area contributed by atoms with Crippen LogP contribution >= 0.6 is 68.9 Å². The number of aromatic nitrogens is 2. The molecule has 4 aromatic carbocycles. The lowest BCUT2D eigenvalue weighted by atomic mass is 10.3. The van der Waals surface area contributed by atoms with Gasteiger partial charge in [-0.05, 0) is 36.8 Å². The van der Waals surface area contributed by atoms with Crippen molar-refractivity contribution in [3.63, 3.8) is 0 Å². The first-order valence-corrected chi connectivity index (χ1v) is 16.5. The van der Waals surface area contributed by atoms with E-state index in [4.69, 9.17) is 9.97 Å². The van der Waals surface area contributed by atoms with Gasteiger partial charge in [0, 0.05) is 0 Å². The van der Waals surface area contributed by atoms with E-state index in [2.05, 4.69) is 0 Å². The molecule has 0 fully saturated rings. The summed E-state index contributed by atoms with van der Waals surface area (Å²) in [6.45, 7) is 0. The van der Waals surface area contributed by atoms with Crippen molar-refractivity contribution in [1.82, 2.24) is 9.97 Å². The Morgan fingerprint density at radius 3 is 1.39 bits per heavy atom. The standard InChI is InChI=1S/C26H14N2O2S6/c1-31-23-17(29)25-21(15-19(23)33-13-9-5-3-7-11(13)27-15)36-26-18(30)24(32-2)20-16(22(26)35-25)28-12-8-4-6-10-14(12)34-20/h3-10H,1-2H3. The lowest BCUT2D eigenvalue weighted by Gasteiger charge is -2.11. The molecule has 176 valence electrons. The van der Waals surface area contributed by atoms with Crippen molar-refractivity contribution in [3.8, 4) is 0 Å². The topological polar surface area (TPSA) is 59.9 Å². The molecule has 0 spiro atoms. The normalized spacial score (nSPS) is 12.1. The highest BCUT2D eigenvalue weighted by atomic mass is 32.2. The average molecular weight is 579 g/mol. The molecule has 3 heterocycles. The molecule has 36 heavy (non-hydrogen) atoms. The first-order chi connectivity index (χ1) is 17.6. The van der Waals surface area contributed by atoms with Crippen LogP contribution < -0.4 is 10.9 Å². The highest BCUT2D eigenvalue weighted by Gasteiger charge is 2.22. The second-order valence-electron chi connectivity index (χ2n) is 7.96. The van der Waals surface area contributed by atoms with Crippen molar-refractivity contribution in [3.05, 3.63) is 69.0 Å². The lowest BCUT2D eigenvalue weighted by molar-refractivity contribution is 1.47. The maximum absolute atomic E-state index is 13.8. The first-order valence-electron chi connectivity index (χ1n) is 10.8. The van der Waals surface area contributed by atoms with Crippen molar-refractivity contribution in [2.45, 2.75) is 9.79 Å². The van der Waals surface area contributed by atoms with E-state index in [9.17, 15) is 9.59 Å². The van der Waals surface area contributed by atoms with Gasteiger partial charge >= 0.3 is 0 Å². The van der Waals surface area contributed by atoms with Crippen LogP contribution in [0.5, 0.6) is 0 Å². The predicted octanol–water partition coefficient (Wildman–Crippen LogP) is 8.37. The van der Waals surface area contributed by atoms with Crippen LogP contribution in [0.2, 0.25) is 0 Å². The summed E-state index contributed by atoms with van der Waals surface area (Å²) in [4.78, 5) is 39.0. The van der Waals surface area contributed by atoms with Crippen molar-refractivity contribution < 1.29 is 0 Å². The molecule has 0 aliphatic heterocycles. The fraction of sp³-hybridized carbons (Fsp3) is 0.0769. The molecule has 0 radical (unpaired) electrons. The molecule has 0 saturated heterocycles. The second-order valence-corrected chi connectivity index (χ2v) is 13.7. The molecule has 7 rings (SSSR count). The molecule has 3 aromatic heterocycles. The molecule has 0 atom stereocenters. The van der Waals surface area contributed by atoms with E-state index >= 15 is 0 Å². The fourth-order valence-electron chi connectivity index (χ4n) is 4.33. The Morgan fingerprint density at radius 1 is 0.556 bits per heavy atom. The minimum atomic E-state index is 0.000450. The van der Waals surface area contributed by atoms with E-state index in [1.54, 1.807) is 22.7 Å². The largest absolute Gasteiger partial charge is 0.287 e. The maximum Gasteiger partial charge on any atom is 0.212 e. The van der Waals surface area contributed by atoms with Gasteiger partial charge in [0.05, 0.1) is 58.4 Å². The van der Waals surface area contributed by atoms with E-state index in [0.29, 0.717) is 19.2 Å². The maximum atomic E-state index is 13.8. The Kier molecular flexibility index (Phi) is 5.46. The Morgan fingerprint density at radius 2 is 0.972 bits per heavy atom. The van der Waals surface area contributed by atoms with Gasteiger partial charge in [-0.3, -0.25) is 9.59 Å². The monoisotopic (exact) mass is 578 g/mol. The Labute approximate surface area is 228 Å². The third kappa shape index (κ3) is 3.25. The molecule has 0 aliphatic rings. The number of nitrogens with zero attached hydrogens (tertiary/aromatic N) is 2. The minimum absolute atomic E-state index is 0.000450. The molecule has 7 aromatic rings. The Hall–Kier alpha value is -2.34. The van der Waals surface area contributed by atoms with Crippen LogP contribution in [0.25, 0.3) is 59.7 Å². The minimum Gasteiger partial charge on any atom is -0.287 e. The third-order valence-electron chi connectivity index (χ3n) is 5.95. The molecule has 0 unspecified atom stereocenters. The SMILES string of the molecule is CSc1c(=O)c2sc3c(sc2c2nc4ccccc4sc12)c(=O)c(SC)c1sc2ccccc2nc13. The van der Waals surface area contributed by atoms with Crippen LogP contribution in [0, 0.1) is 0 Å². The molecule has 0 saturated carbocycles. The van der Waals surface area contributed by atoms with Gasteiger partial charge in [-0.15, -0.1) is 68.9 Å². The highest BCUT2D eigenvalue weighted by molar-refractivity contribution is 7.99.